The van der Waals surface area contributed by atoms with Crippen LogP contribution < -0.4 is 10.1 Å². The summed E-state index contributed by atoms with van der Waals surface area (Å²) in [6.07, 6.45) is 0. The summed E-state index contributed by atoms with van der Waals surface area (Å²) in [4.78, 5) is 22.5. The van der Waals surface area contributed by atoms with E-state index >= 15 is 0 Å². The van der Waals surface area contributed by atoms with Crippen LogP contribution in [0.5, 0.6) is 5.75 Å². The summed E-state index contributed by atoms with van der Waals surface area (Å²) in [5.74, 6) is -1.26. The first-order chi connectivity index (χ1) is 9.58. The molecule has 0 saturated heterocycles. The number of benzene rings is 1. The predicted molar refractivity (Wildman–Crippen MR) is 71.3 cm³/mol. The number of carboxylic acids is 1. The van der Waals surface area contributed by atoms with Gasteiger partial charge in [-0.15, -0.1) is 0 Å². The van der Waals surface area contributed by atoms with E-state index in [0.717, 1.165) is 0 Å². The van der Waals surface area contributed by atoms with E-state index in [-0.39, 0.29) is 23.8 Å². The lowest BCUT2D eigenvalue weighted by molar-refractivity contribution is -0.121. The number of aromatic carboxylic acids is 1. The van der Waals surface area contributed by atoms with E-state index in [1.165, 1.54) is 25.3 Å². The van der Waals surface area contributed by atoms with Crippen LogP contribution in [0.2, 0.25) is 0 Å². The van der Waals surface area contributed by atoms with Gasteiger partial charge in [0.25, 0.3) is 0 Å². The first-order valence-corrected chi connectivity index (χ1v) is 5.86. The average molecular weight is 283 g/mol. The highest BCUT2D eigenvalue weighted by molar-refractivity contribution is 5.95. The summed E-state index contributed by atoms with van der Waals surface area (Å²) in [7, 11) is 2.90. The number of anilines is 1. The number of carboxylic acid groups (broad SMARTS) is 1. The van der Waals surface area contributed by atoms with E-state index < -0.39 is 5.97 Å². The highest BCUT2D eigenvalue weighted by atomic mass is 16.5. The van der Waals surface area contributed by atoms with Gasteiger partial charge in [0.05, 0.1) is 20.3 Å². The second-order valence-electron chi connectivity index (χ2n) is 3.81. The van der Waals surface area contributed by atoms with Crippen LogP contribution in [0.4, 0.5) is 5.69 Å². The number of rotatable bonds is 8. The standard InChI is InChI=1S/C13H17NO6/c1-18-5-6-20-8-12(15)14-9-3-4-10(13(16)17)11(7-9)19-2/h3-4,7H,5-6,8H2,1-2H3,(H,14,15)(H,16,17). The third-order valence-corrected chi connectivity index (χ3v) is 2.38. The Kier molecular flexibility index (Phi) is 6.48. The van der Waals surface area contributed by atoms with Crippen LogP contribution in [-0.4, -0.2) is 51.0 Å². The molecule has 1 amide bonds. The fourth-order valence-electron chi connectivity index (χ4n) is 1.45. The SMILES string of the molecule is COCCOCC(=O)Nc1ccc(C(=O)O)c(OC)c1. The van der Waals surface area contributed by atoms with Crippen molar-refractivity contribution in [2.45, 2.75) is 0 Å². The first-order valence-electron chi connectivity index (χ1n) is 5.86. The molecular formula is C13H17NO6. The summed E-state index contributed by atoms with van der Waals surface area (Å²) in [5, 5.41) is 11.5. The highest BCUT2D eigenvalue weighted by Crippen LogP contribution is 2.23. The minimum absolute atomic E-state index is 0.0295. The number of nitrogens with one attached hydrogen (secondary N) is 1. The molecule has 2 N–H and O–H groups in total. The lowest BCUT2D eigenvalue weighted by Gasteiger charge is -2.09. The zero-order valence-electron chi connectivity index (χ0n) is 11.3. The largest absolute Gasteiger partial charge is 0.496 e. The van der Waals surface area contributed by atoms with Crippen LogP contribution in [0.25, 0.3) is 0 Å². The maximum absolute atomic E-state index is 11.6. The van der Waals surface area contributed by atoms with Gasteiger partial charge < -0.3 is 24.6 Å². The Morgan fingerprint density at radius 1 is 1.25 bits per heavy atom. The summed E-state index contributed by atoms with van der Waals surface area (Å²) >= 11 is 0. The van der Waals surface area contributed by atoms with Crippen LogP contribution in [0.3, 0.4) is 0 Å². The number of amides is 1. The Balaban J connectivity index is 2.59. The molecule has 7 nitrogen and oxygen atoms in total. The fraction of sp³-hybridized carbons (Fsp3) is 0.385. The third-order valence-electron chi connectivity index (χ3n) is 2.38. The van der Waals surface area contributed by atoms with Gasteiger partial charge in [-0.05, 0) is 12.1 Å². The lowest BCUT2D eigenvalue weighted by atomic mass is 10.2. The minimum Gasteiger partial charge on any atom is -0.496 e. The maximum Gasteiger partial charge on any atom is 0.339 e. The number of hydrogen-bond acceptors (Lipinski definition) is 5. The van der Waals surface area contributed by atoms with Crippen LogP contribution in [0.1, 0.15) is 10.4 Å². The van der Waals surface area contributed by atoms with Crippen LogP contribution in [0.15, 0.2) is 18.2 Å². The van der Waals surface area contributed by atoms with Gasteiger partial charge in [-0.2, -0.15) is 0 Å². The van der Waals surface area contributed by atoms with E-state index in [1.54, 1.807) is 7.11 Å². The van der Waals surface area contributed by atoms with Crippen LogP contribution >= 0.6 is 0 Å². The number of carbonyl (C=O) groups is 2. The molecule has 1 aromatic rings. The zero-order chi connectivity index (χ0) is 15.0. The number of hydrogen-bond donors (Lipinski definition) is 2. The number of ether oxygens (including phenoxy) is 3. The summed E-state index contributed by atoms with van der Waals surface area (Å²) in [6, 6.07) is 4.29. The van der Waals surface area contributed by atoms with Gasteiger partial charge in [0.15, 0.2) is 0 Å². The van der Waals surface area contributed by atoms with Crippen molar-refractivity contribution in [3.63, 3.8) is 0 Å². The molecule has 7 heteroatoms. The maximum atomic E-state index is 11.6. The van der Waals surface area contributed by atoms with Crippen LogP contribution in [0, 0.1) is 0 Å². The smallest absolute Gasteiger partial charge is 0.339 e. The van der Waals surface area contributed by atoms with Crippen LogP contribution in [-0.2, 0) is 14.3 Å². The van der Waals surface area contributed by atoms with Crippen molar-refractivity contribution in [3.05, 3.63) is 23.8 Å². The van der Waals surface area contributed by atoms with E-state index in [9.17, 15) is 9.59 Å². The molecule has 0 spiro atoms. The Morgan fingerprint density at radius 3 is 2.60 bits per heavy atom. The summed E-state index contributed by atoms with van der Waals surface area (Å²) in [5.41, 5.74) is 0.467. The Bertz CT molecular complexity index is 474. The average Bonchev–Trinajstić information content (AvgIpc) is 2.43. The minimum atomic E-state index is -1.09. The van der Waals surface area contributed by atoms with Crippen molar-refractivity contribution in [2.24, 2.45) is 0 Å². The van der Waals surface area contributed by atoms with Gasteiger partial charge in [-0.1, -0.05) is 0 Å². The summed E-state index contributed by atoms with van der Waals surface area (Å²) < 4.78 is 14.8. The van der Waals surface area contributed by atoms with Gasteiger partial charge in [-0.3, -0.25) is 4.79 Å². The third kappa shape index (κ3) is 4.87. The molecule has 1 rings (SSSR count). The zero-order valence-corrected chi connectivity index (χ0v) is 11.3. The van der Waals surface area contributed by atoms with Gasteiger partial charge in [0.1, 0.15) is 17.9 Å². The van der Waals surface area contributed by atoms with Crippen molar-refractivity contribution in [2.75, 3.05) is 39.4 Å². The molecule has 0 aliphatic rings. The molecular weight excluding hydrogens is 266 g/mol. The Hall–Kier alpha value is -2.12. The molecule has 0 aromatic heterocycles. The molecule has 0 saturated carbocycles. The van der Waals surface area contributed by atoms with Crippen molar-refractivity contribution in [1.29, 1.82) is 0 Å². The molecule has 0 aliphatic carbocycles. The molecule has 0 bridgehead atoms. The van der Waals surface area contributed by atoms with E-state index in [1.807, 2.05) is 0 Å². The fourth-order valence-corrected chi connectivity index (χ4v) is 1.45. The quantitative estimate of drug-likeness (QED) is 0.691. The topological polar surface area (TPSA) is 94.1 Å². The lowest BCUT2D eigenvalue weighted by Crippen LogP contribution is -2.19. The first kappa shape index (κ1) is 15.9. The second kappa shape index (κ2) is 8.13. The summed E-state index contributed by atoms with van der Waals surface area (Å²) in [6.45, 7) is 0.631. The van der Waals surface area contributed by atoms with Gasteiger partial charge >= 0.3 is 5.97 Å². The molecule has 0 unspecified atom stereocenters. The second-order valence-corrected chi connectivity index (χ2v) is 3.81. The van der Waals surface area contributed by atoms with Crippen molar-refractivity contribution >= 4 is 17.6 Å². The molecule has 0 radical (unpaired) electrons. The van der Waals surface area contributed by atoms with Crippen molar-refractivity contribution in [3.8, 4) is 5.75 Å². The van der Waals surface area contributed by atoms with E-state index in [2.05, 4.69) is 5.32 Å². The molecule has 0 heterocycles. The molecule has 1 aromatic carbocycles. The van der Waals surface area contributed by atoms with Gasteiger partial charge in [0.2, 0.25) is 5.91 Å². The molecule has 0 aliphatic heterocycles. The van der Waals surface area contributed by atoms with E-state index in [0.29, 0.717) is 18.9 Å². The Labute approximate surface area is 116 Å². The predicted octanol–water partition coefficient (Wildman–Crippen LogP) is 0.995. The molecule has 20 heavy (non-hydrogen) atoms. The monoisotopic (exact) mass is 283 g/mol. The van der Waals surface area contributed by atoms with Crippen molar-refractivity contribution < 1.29 is 28.9 Å². The van der Waals surface area contributed by atoms with Crippen molar-refractivity contribution in [1.82, 2.24) is 0 Å². The normalized spacial score (nSPS) is 10.1. The number of carbonyl (C=O) groups excluding carboxylic acids is 1. The van der Waals surface area contributed by atoms with E-state index in [4.69, 9.17) is 19.3 Å². The molecule has 0 fully saturated rings. The Morgan fingerprint density at radius 2 is 2.00 bits per heavy atom. The molecule has 110 valence electrons. The highest BCUT2D eigenvalue weighted by Gasteiger charge is 2.12. The molecule has 0 atom stereocenters. The number of methoxy groups -OCH3 is 2. The van der Waals surface area contributed by atoms with Gasteiger partial charge in [0, 0.05) is 18.9 Å². The van der Waals surface area contributed by atoms with Gasteiger partial charge in [-0.25, -0.2) is 4.79 Å².